The number of benzene rings is 3. The van der Waals surface area contributed by atoms with Gasteiger partial charge >= 0.3 is 0 Å². The zero-order valence-corrected chi connectivity index (χ0v) is 25.9. The monoisotopic (exact) mass is 770 g/mol. The number of allylic oxidation sites excluding steroid dienone is 2. The van der Waals surface area contributed by atoms with Crippen LogP contribution in [0.25, 0.3) is 0 Å². The largest absolute Gasteiger partial charge is 0.508 e. The maximum absolute atomic E-state index is 14.1. The zero-order valence-electron chi connectivity index (χ0n) is 21.6. The molecule has 7 nitrogen and oxygen atoms in total. The van der Waals surface area contributed by atoms with Gasteiger partial charge in [-0.05, 0) is 130 Å². The minimum absolute atomic E-state index is 0.106. The fourth-order valence-electron chi connectivity index (χ4n) is 7.33. The number of phenols is 1. The van der Waals surface area contributed by atoms with E-state index in [1.165, 1.54) is 9.80 Å². The number of fused-ring (bicyclic) bond motifs is 4. The normalized spacial score (nSPS) is 28.9. The molecule has 2 saturated heterocycles. The Bertz CT molecular complexity index is 1630. The van der Waals surface area contributed by atoms with Gasteiger partial charge in [0.05, 0.1) is 35.0 Å². The van der Waals surface area contributed by atoms with E-state index in [-0.39, 0.29) is 35.3 Å². The second-order valence-corrected chi connectivity index (χ2v) is 13.6. The van der Waals surface area contributed by atoms with Crippen LogP contribution in [0.1, 0.15) is 24.3 Å². The summed E-state index contributed by atoms with van der Waals surface area (Å²) in [5, 5.41) is 9.99. The number of carbonyl (C=O) groups is 4. The molecule has 206 valence electrons. The summed E-state index contributed by atoms with van der Waals surface area (Å²) in [6.45, 7) is 0. The standard InChI is InChI=1S/C32H24I2N2O5/c33-17-3-7-19(8-4-17)35-29(38)23-14-13-22-24(27(23)31(35)40)15-25-28(26(22)16-1-11-21(37)12-2-16)32(41)36(30(25)39)20-9-5-18(34)6-10-20/h1-13,23-28,37H,14-15H2/t23-,24+,25+,26-,27-,28+/m0/s1. The van der Waals surface area contributed by atoms with Crippen molar-refractivity contribution >= 4 is 80.2 Å². The lowest BCUT2D eigenvalue weighted by atomic mass is 9.57. The Labute approximate surface area is 263 Å². The van der Waals surface area contributed by atoms with E-state index in [1.54, 1.807) is 48.5 Å². The van der Waals surface area contributed by atoms with Gasteiger partial charge in [0, 0.05) is 13.1 Å². The Balaban J connectivity index is 1.32. The summed E-state index contributed by atoms with van der Waals surface area (Å²) < 4.78 is 2.00. The highest BCUT2D eigenvalue weighted by molar-refractivity contribution is 14.1. The number of phenolic OH excluding ortho intramolecular Hbond substituents is 1. The smallest absolute Gasteiger partial charge is 0.238 e. The number of rotatable bonds is 3. The van der Waals surface area contributed by atoms with E-state index in [0.717, 1.165) is 18.3 Å². The number of carbonyl (C=O) groups excluding carboxylic acids is 4. The molecule has 1 N–H and O–H groups in total. The predicted octanol–water partition coefficient (Wildman–Crippen LogP) is 5.65. The number of hydrogen-bond donors (Lipinski definition) is 1. The predicted molar refractivity (Wildman–Crippen MR) is 169 cm³/mol. The number of amides is 4. The highest BCUT2D eigenvalue weighted by Crippen LogP contribution is 2.58. The summed E-state index contributed by atoms with van der Waals surface area (Å²) in [7, 11) is 0. The molecular formula is C32H24I2N2O5. The van der Waals surface area contributed by atoms with E-state index in [1.807, 2.05) is 30.3 Å². The molecule has 9 heteroatoms. The van der Waals surface area contributed by atoms with Gasteiger partial charge in [-0.15, -0.1) is 0 Å². The van der Waals surface area contributed by atoms with Crippen molar-refractivity contribution in [1.82, 2.24) is 0 Å². The summed E-state index contributed by atoms with van der Waals surface area (Å²) in [6, 6.07) is 21.4. The van der Waals surface area contributed by atoms with E-state index in [4.69, 9.17) is 0 Å². The van der Waals surface area contributed by atoms with Crippen molar-refractivity contribution in [2.75, 3.05) is 9.80 Å². The van der Waals surface area contributed by atoms with Crippen molar-refractivity contribution in [3.8, 4) is 5.75 Å². The second-order valence-electron chi connectivity index (χ2n) is 11.1. The molecule has 4 aliphatic rings. The van der Waals surface area contributed by atoms with Crippen molar-refractivity contribution in [3.63, 3.8) is 0 Å². The van der Waals surface area contributed by atoms with Gasteiger partial charge in [-0.1, -0.05) is 23.8 Å². The minimum atomic E-state index is -0.634. The summed E-state index contributed by atoms with van der Waals surface area (Å²) in [4.78, 5) is 58.3. The van der Waals surface area contributed by atoms with E-state index in [0.29, 0.717) is 24.2 Å². The Hall–Kier alpha value is -3.06. The number of imide groups is 2. The Morgan fingerprint density at radius 1 is 0.610 bits per heavy atom. The third kappa shape index (κ3) is 4.17. The van der Waals surface area contributed by atoms with E-state index < -0.39 is 29.6 Å². The maximum atomic E-state index is 14.1. The van der Waals surface area contributed by atoms with Crippen LogP contribution < -0.4 is 9.80 Å². The first kappa shape index (κ1) is 26.8. The molecule has 3 aromatic carbocycles. The van der Waals surface area contributed by atoms with Crippen molar-refractivity contribution in [2.45, 2.75) is 18.8 Å². The molecule has 7 rings (SSSR count). The van der Waals surface area contributed by atoms with Crippen molar-refractivity contribution in [2.24, 2.45) is 29.6 Å². The first-order valence-corrected chi connectivity index (χ1v) is 15.7. The average molecular weight is 770 g/mol. The quantitative estimate of drug-likeness (QED) is 0.211. The molecule has 0 bridgehead atoms. The van der Waals surface area contributed by atoms with E-state index >= 15 is 0 Å². The van der Waals surface area contributed by atoms with Gasteiger partial charge in [0.15, 0.2) is 0 Å². The molecule has 3 aromatic rings. The third-order valence-electron chi connectivity index (χ3n) is 9.07. The lowest BCUT2D eigenvalue weighted by molar-refractivity contribution is -0.126. The van der Waals surface area contributed by atoms with Crippen LogP contribution in [0.5, 0.6) is 5.75 Å². The van der Waals surface area contributed by atoms with E-state index in [9.17, 15) is 24.3 Å². The minimum Gasteiger partial charge on any atom is -0.508 e. The van der Waals surface area contributed by atoms with Gasteiger partial charge < -0.3 is 5.11 Å². The number of halogens is 2. The molecule has 0 radical (unpaired) electrons. The summed E-state index contributed by atoms with van der Waals surface area (Å²) >= 11 is 4.37. The summed E-state index contributed by atoms with van der Waals surface area (Å²) in [6.07, 6.45) is 2.77. The van der Waals surface area contributed by atoms with Crippen molar-refractivity contribution in [1.29, 1.82) is 0 Å². The number of nitrogens with zero attached hydrogens (tertiary/aromatic N) is 2. The molecule has 2 heterocycles. The molecule has 2 aliphatic heterocycles. The molecule has 3 fully saturated rings. The SMILES string of the molecule is O=C1[C@H]2[C@H](CC=C3[C@H]2C[C@H]2C(=O)N(c4ccc(I)cc4)C(=O)[C@H]2[C@H]3c2ccc(O)cc2)C(=O)N1c1ccc(I)cc1. The van der Waals surface area contributed by atoms with Crippen LogP contribution in [0.3, 0.4) is 0 Å². The third-order valence-corrected chi connectivity index (χ3v) is 10.5. The van der Waals surface area contributed by atoms with Gasteiger partial charge in [-0.2, -0.15) is 0 Å². The lowest BCUT2D eigenvalue weighted by Gasteiger charge is -2.44. The lowest BCUT2D eigenvalue weighted by Crippen LogP contribution is -2.43. The van der Waals surface area contributed by atoms with E-state index in [2.05, 4.69) is 45.2 Å². The van der Waals surface area contributed by atoms with Gasteiger partial charge in [0.25, 0.3) is 0 Å². The highest BCUT2D eigenvalue weighted by Gasteiger charge is 2.62. The van der Waals surface area contributed by atoms with Crippen LogP contribution >= 0.6 is 45.2 Å². The van der Waals surface area contributed by atoms with Crippen molar-refractivity contribution in [3.05, 3.63) is 97.1 Å². The van der Waals surface area contributed by atoms with Crippen LogP contribution in [0.4, 0.5) is 11.4 Å². The van der Waals surface area contributed by atoms with Gasteiger partial charge in [0.2, 0.25) is 23.6 Å². The molecule has 2 aliphatic carbocycles. The summed E-state index contributed by atoms with van der Waals surface area (Å²) in [5.41, 5.74) is 2.83. The second kappa shape index (κ2) is 10.0. The van der Waals surface area contributed by atoms with Crippen LogP contribution in [0.15, 0.2) is 84.4 Å². The number of hydrogen-bond acceptors (Lipinski definition) is 5. The molecule has 41 heavy (non-hydrogen) atoms. The van der Waals surface area contributed by atoms with Gasteiger partial charge in [-0.3, -0.25) is 29.0 Å². The first-order valence-electron chi connectivity index (χ1n) is 13.5. The fraction of sp³-hybridized carbons (Fsp3) is 0.250. The van der Waals surface area contributed by atoms with Crippen LogP contribution in [-0.2, 0) is 19.2 Å². The van der Waals surface area contributed by atoms with Gasteiger partial charge in [-0.25, -0.2) is 0 Å². The number of aromatic hydroxyl groups is 1. The molecule has 4 amide bonds. The van der Waals surface area contributed by atoms with Crippen LogP contribution in [0, 0.1) is 36.7 Å². The maximum Gasteiger partial charge on any atom is 0.238 e. The average Bonchev–Trinajstić information content (AvgIpc) is 3.37. The first-order chi connectivity index (χ1) is 19.7. The van der Waals surface area contributed by atoms with Gasteiger partial charge in [0.1, 0.15) is 5.75 Å². The fourth-order valence-corrected chi connectivity index (χ4v) is 8.05. The Kier molecular flexibility index (Phi) is 6.57. The molecule has 1 saturated carbocycles. The topological polar surface area (TPSA) is 95.0 Å². The molecule has 0 aromatic heterocycles. The van der Waals surface area contributed by atoms with Crippen LogP contribution in [-0.4, -0.2) is 28.7 Å². The molecule has 0 spiro atoms. The molecule has 6 atom stereocenters. The number of anilines is 2. The Morgan fingerprint density at radius 2 is 1.12 bits per heavy atom. The Morgan fingerprint density at radius 3 is 1.68 bits per heavy atom. The van der Waals surface area contributed by atoms with Crippen molar-refractivity contribution < 1.29 is 24.3 Å². The molecule has 0 unspecified atom stereocenters. The zero-order chi connectivity index (χ0) is 28.6. The molecular weight excluding hydrogens is 746 g/mol. The van der Waals surface area contributed by atoms with Crippen LogP contribution in [0.2, 0.25) is 0 Å². The highest BCUT2D eigenvalue weighted by atomic mass is 127. The summed E-state index contributed by atoms with van der Waals surface area (Å²) in [5.74, 6) is -4.04.